The lowest BCUT2D eigenvalue weighted by Gasteiger charge is -2.11. The third-order valence-corrected chi connectivity index (χ3v) is 3.24. The Balaban J connectivity index is 1.93. The molecule has 4 N–H and O–H groups in total. The third kappa shape index (κ3) is 4.41. The Bertz CT molecular complexity index is 869. The molecule has 0 unspecified atom stereocenters. The lowest BCUT2D eigenvalue weighted by molar-refractivity contribution is -0.134. The van der Waals surface area contributed by atoms with Crippen LogP contribution in [0.15, 0.2) is 54.9 Å². The molecule has 1 aromatic carbocycles. The number of aromatic hydroxyl groups is 1. The number of carboxylic acid groups (broad SMARTS) is 1. The van der Waals surface area contributed by atoms with E-state index in [1.54, 1.807) is 54.9 Å². The highest BCUT2D eigenvalue weighted by Crippen LogP contribution is 2.24. The molecule has 0 amide bonds. The van der Waals surface area contributed by atoms with Gasteiger partial charge in [-0.2, -0.15) is 4.98 Å². The maximum absolute atomic E-state index is 10.8. The molecule has 0 radical (unpaired) electrons. The van der Waals surface area contributed by atoms with Gasteiger partial charge in [0.25, 0.3) is 0 Å². The first-order chi connectivity index (χ1) is 12.1. The van der Waals surface area contributed by atoms with Crippen LogP contribution >= 0.6 is 0 Å². The normalized spacial score (nSPS) is 10.2. The summed E-state index contributed by atoms with van der Waals surface area (Å²) >= 11 is 0. The van der Waals surface area contributed by atoms with Crippen molar-refractivity contribution < 1.29 is 15.0 Å². The highest BCUT2D eigenvalue weighted by Gasteiger charge is 2.08. The van der Waals surface area contributed by atoms with Crippen molar-refractivity contribution in [1.29, 1.82) is 0 Å². The molecule has 3 aromatic rings. The van der Waals surface area contributed by atoms with E-state index in [9.17, 15) is 9.90 Å². The van der Waals surface area contributed by atoms with Crippen LogP contribution in [0.4, 0.5) is 17.5 Å². The number of hydrogen-bond acceptors (Lipinski definition) is 7. The number of phenols is 1. The molecule has 0 saturated carbocycles. The van der Waals surface area contributed by atoms with Gasteiger partial charge in [0, 0.05) is 29.7 Å². The van der Waals surface area contributed by atoms with Gasteiger partial charge in [0.1, 0.15) is 18.1 Å². The molecular weight excluding hydrogens is 322 g/mol. The zero-order valence-corrected chi connectivity index (χ0v) is 13.0. The van der Waals surface area contributed by atoms with E-state index >= 15 is 0 Å². The third-order valence-electron chi connectivity index (χ3n) is 3.24. The molecule has 8 heteroatoms. The maximum atomic E-state index is 10.8. The van der Waals surface area contributed by atoms with Gasteiger partial charge in [0.15, 0.2) is 0 Å². The van der Waals surface area contributed by atoms with Crippen LogP contribution in [0.2, 0.25) is 0 Å². The van der Waals surface area contributed by atoms with Crippen LogP contribution < -0.4 is 10.6 Å². The van der Waals surface area contributed by atoms with Gasteiger partial charge >= 0.3 is 5.97 Å². The van der Waals surface area contributed by atoms with Gasteiger partial charge in [-0.25, -0.2) is 4.98 Å². The minimum atomic E-state index is -1.01. The summed E-state index contributed by atoms with van der Waals surface area (Å²) in [6.45, 7) is -0.293. The fraction of sp³-hybridized carbons (Fsp3) is 0.0588. The minimum absolute atomic E-state index is 0.162. The molecule has 0 atom stereocenters. The number of phenolic OH excluding ortho intramolecular Hbond substituents is 1. The summed E-state index contributed by atoms with van der Waals surface area (Å²) in [4.78, 5) is 23.4. The van der Waals surface area contributed by atoms with E-state index in [4.69, 9.17) is 5.11 Å². The van der Waals surface area contributed by atoms with Gasteiger partial charge in [0.05, 0.1) is 5.69 Å². The van der Waals surface area contributed by atoms with Gasteiger partial charge in [-0.1, -0.05) is 0 Å². The van der Waals surface area contributed by atoms with Crippen LogP contribution in [-0.4, -0.2) is 37.7 Å². The first-order valence-corrected chi connectivity index (χ1v) is 7.41. The number of carboxylic acids is 1. The fourth-order valence-corrected chi connectivity index (χ4v) is 2.11. The topological polar surface area (TPSA) is 120 Å². The summed E-state index contributed by atoms with van der Waals surface area (Å²) < 4.78 is 0. The lowest BCUT2D eigenvalue weighted by atomic mass is 10.2. The van der Waals surface area contributed by atoms with E-state index in [1.165, 1.54) is 0 Å². The summed E-state index contributed by atoms with van der Waals surface area (Å²) in [5.74, 6) is -0.168. The van der Waals surface area contributed by atoms with Crippen molar-refractivity contribution in [3.63, 3.8) is 0 Å². The molecular formula is C17H15N5O3. The van der Waals surface area contributed by atoms with Gasteiger partial charge in [0.2, 0.25) is 5.95 Å². The van der Waals surface area contributed by atoms with Gasteiger partial charge in [-0.15, -0.1) is 0 Å². The molecule has 8 nitrogen and oxygen atoms in total. The summed E-state index contributed by atoms with van der Waals surface area (Å²) in [5.41, 5.74) is 2.16. The number of aromatic nitrogens is 3. The second-order valence-corrected chi connectivity index (χ2v) is 5.12. The molecule has 0 aliphatic carbocycles. The largest absolute Gasteiger partial charge is 0.508 e. The number of hydrogen-bond donors (Lipinski definition) is 4. The van der Waals surface area contributed by atoms with E-state index < -0.39 is 5.97 Å². The highest BCUT2D eigenvalue weighted by molar-refractivity contribution is 5.73. The molecule has 25 heavy (non-hydrogen) atoms. The van der Waals surface area contributed by atoms with Crippen molar-refractivity contribution in [2.45, 2.75) is 0 Å². The number of nitrogens with one attached hydrogen (secondary N) is 2. The Labute approximate surface area is 143 Å². The van der Waals surface area contributed by atoms with Crippen LogP contribution in [0.1, 0.15) is 0 Å². The van der Waals surface area contributed by atoms with Gasteiger partial charge in [-0.05, 0) is 36.4 Å². The molecule has 0 bridgehead atoms. The molecule has 0 spiro atoms. The van der Waals surface area contributed by atoms with Gasteiger partial charge in [-0.3, -0.25) is 9.78 Å². The Morgan fingerprint density at radius 2 is 1.76 bits per heavy atom. The monoisotopic (exact) mass is 337 g/mol. The summed E-state index contributed by atoms with van der Waals surface area (Å²) in [7, 11) is 0. The standard InChI is InChI=1S/C17H15N5O3/c23-13-3-1-12(2-4-13)20-15-9-14(11-5-7-18-8-6-11)21-17(22-15)19-10-16(24)25/h1-9,23H,10H2,(H,24,25)(H2,19,20,21,22). The molecule has 0 fully saturated rings. The predicted octanol–water partition coefficient (Wildman–Crippen LogP) is 2.48. The van der Waals surface area contributed by atoms with Crippen molar-refractivity contribution in [2.75, 3.05) is 17.2 Å². The highest BCUT2D eigenvalue weighted by atomic mass is 16.4. The average Bonchev–Trinajstić information content (AvgIpc) is 2.62. The van der Waals surface area contributed by atoms with Crippen LogP contribution in [0, 0.1) is 0 Å². The van der Waals surface area contributed by atoms with Crippen LogP contribution in [0.5, 0.6) is 5.75 Å². The Kier molecular flexibility index (Phi) is 4.70. The predicted molar refractivity (Wildman–Crippen MR) is 92.8 cm³/mol. The SMILES string of the molecule is O=C(O)CNc1nc(Nc2ccc(O)cc2)cc(-c2ccncc2)n1. The molecule has 0 aliphatic heterocycles. The smallest absolute Gasteiger partial charge is 0.322 e. The Morgan fingerprint density at radius 1 is 1.04 bits per heavy atom. The molecule has 2 heterocycles. The van der Waals surface area contributed by atoms with Crippen LogP contribution in [-0.2, 0) is 4.79 Å². The maximum Gasteiger partial charge on any atom is 0.322 e. The van der Waals surface area contributed by atoms with Crippen molar-refractivity contribution >= 4 is 23.4 Å². The molecule has 126 valence electrons. The van der Waals surface area contributed by atoms with E-state index in [-0.39, 0.29) is 18.2 Å². The second-order valence-electron chi connectivity index (χ2n) is 5.12. The average molecular weight is 337 g/mol. The minimum Gasteiger partial charge on any atom is -0.508 e. The van der Waals surface area contributed by atoms with Gasteiger partial charge < -0.3 is 20.8 Å². The van der Waals surface area contributed by atoms with Crippen LogP contribution in [0.25, 0.3) is 11.3 Å². The number of anilines is 3. The molecule has 0 saturated heterocycles. The molecule has 0 aliphatic rings. The first kappa shape index (κ1) is 16.2. The first-order valence-electron chi connectivity index (χ1n) is 7.41. The fourth-order valence-electron chi connectivity index (χ4n) is 2.11. The second kappa shape index (κ2) is 7.26. The number of nitrogens with zero attached hydrogens (tertiary/aromatic N) is 3. The number of rotatable bonds is 6. The van der Waals surface area contributed by atoms with Crippen molar-refractivity contribution in [2.24, 2.45) is 0 Å². The molecule has 3 rings (SSSR count). The van der Waals surface area contributed by atoms with Crippen LogP contribution in [0.3, 0.4) is 0 Å². The summed E-state index contributed by atoms with van der Waals surface area (Å²) in [6.07, 6.45) is 3.30. The zero-order chi connectivity index (χ0) is 17.6. The van der Waals surface area contributed by atoms with E-state index in [0.29, 0.717) is 11.5 Å². The zero-order valence-electron chi connectivity index (χ0n) is 13.0. The Morgan fingerprint density at radius 3 is 2.44 bits per heavy atom. The van der Waals surface area contributed by atoms with Crippen molar-refractivity contribution in [3.05, 3.63) is 54.9 Å². The number of aliphatic carboxylic acids is 1. The van der Waals surface area contributed by atoms with E-state index in [2.05, 4.69) is 25.6 Å². The van der Waals surface area contributed by atoms with E-state index in [0.717, 1.165) is 11.3 Å². The lowest BCUT2D eigenvalue weighted by Crippen LogP contribution is -2.15. The van der Waals surface area contributed by atoms with E-state index in [1.807, 2.05) is 0 Å². The Hall–Kier alpha value is -3.68. The summed E-state index contributed by atoms with van der Waals surface area (Å²) in [5, 5.41) is 24.0. The number of carbonyl (C=O) groups is 1. The molecule has 2 aromatic heterocycles. The quantitative estimate of drug-likeness (QED) is 0.506. The van der Waals surface area contributed by atoms with Crippen molar-refractivity contribution in [3.8, 4) is 17.0 Å². The number of pyridine rings is 1. The van der Waals surface area contributed by atoms with Crippen molar-refractivity contribution in [1.82, 2.24) is 15.0 Å². The summed E-state index contributed by atoms with van der Waals surface area (Å²) in [6, 6.07) is 11.9. The number of benzene rings is 1.